The van der Waals surface area contributed by atoms with E-state index in [-0.39, 0.29) is 11.9 Å². The number of anilines is 1. The molecule has 0 atom stereocenters. The molecule has 25 heavy (non-hydrogen) atoms. The van der Waals surface area contributed by atoms with Crippen LogP contribution in [0.1, 0.15) is 19.8 Å². The summed E-state index contributed by atoms with van der Waals surface area (Å²) in [5.41, 5.74) is 0.750. The summed E-state index contributed by atoms with van der Waals surface area (Å²) in [6.07, 6.45) is 2.20. The van der Waals surface area contributed by atoms with Gasteiger partial charge in [-0.3, -0.25) is 9.69 Å². The first-order chi connectivity index (χ1) is 12.1. The zero-order valence-electron chi connectivity index (χ0n) is 14.7. The average molecular weight is 346 g/mol. The molecule has 0 radical (unpaired) electrons. The molecule has 0 aromatic heterocycles. The second-order valence-electron chi connectivity index (χ2n) is 6.49. The monoisotopic (exact) mass is 346 g/mol. The van der Waals surface area contributed by atoms with Crippen LogP contribution in [0.15, 0.2) is 24.3 Å². The van der Waals surface area contributed by atoms with E-state index in [2.05, 4.69) is 15.5 Å². The molecule has 3 amide bonds. The first-order valence-electron chi connectivity index (χ1n) is 8.94. The molecule has 1 saturated carbocycles. The summed E-state index contributed by atoms with van der Waals surface area (Å²) >= 11 is 0. The summed E-state index contributed by atoms with van der Waals surface area (Å²) in [6, 6.07) is 7.65. The number of nitrogens with one attached hydrogen (secondary N) is 2. The lowest BCUT2D eigenvalue weighted by Crippen LogP contribution is -2.52. The van der Waals surface area contributed by atoms with E-state index in [1.807, 2.05) is 31.2 Å². The second-order valence-corrected chi connectivity index (χ2v) is 6.49. The molecule has 3 rings (SSSR count). The predicted molar refractivity (Wildman–Crippen MR) is 95.8 cm³/mol. The third-order valence-electron chi connectivity index (χ3n) is 4.39. The number of piperazine rings is 1. The normalized spacial score (nSPS) is 17.9. The second kappa shape index (κ2) is 8.20. The Morgan fingerprint density at radius 3 is 2.40 bits per heavy atom. The molecule has 1 aliphatic carbocycles. The zero-order valence-corrected chi connectivity index (χ0v) is 14.7. The van der Waals surface area contributed by atoms with E-state index in [0.717, 1.165) is 37.4 Å². The molecule has 7 nitrogen and oxygen atoms in total. The lowest BCUT2D eigenvalue weighted by molar-refractivity contribution is -0.122. The molecule has 2 aliphatic rings. The zero-order chi connectivity index (χ0) is 17.6. The summed E-state index contributed by atoms with van der Waals surface area (Å²) in [7, 11) is 0. The van der Waals surface area contributed by atoms with E-state index in [1.54, 1.807) is 4.90 Å². The molecule has 1 aromatic rings. The number of hydrogen-bond acceptors (Lipinski definition) is 4. The molecular formula is C18H26N4O3. The van der Waals surface area contributed by atoms with Crippen molar-refractivity contribution in [1.29, 1.82) is 0 Å². The first-order valence-corrected chi connectivity index (χ1v) is 8.94. The van der Waals surface area contributed by atoms with Gasteiger partial charge in [-0.2, -0.15) is 0 Å². The topological polar surface area (TPSA) is 73.9 Å². The summed E-state index contributed by atoms with van der Waals surface area (Å²) in [4.78, 5) is 28.1. The number of benzene rings is 1. The predicted octanol–water partition coefficient (Wildman–Crippen LogP) is 1.51. The first kappa shape index (κ1) is 17.5. The molecule has 0 bridgehead atoms. The van der Waals surface area contributed by atoms with Gasteiger partial charge in [-0.25, -0.2) is 4.79 Å². The third-order valence-corrected chi connectivity index (χ3v) is 4.39. The van der Waals surface area contributed by atoms with Crippen molar-refractivity contribution < 1.29 is 14.3 Å². The minimum Gasteiger partial charge on any atom is -0.494 e. The fraction of sp³-hybridized carbons (Fsp3) is 0.556. The van der Waals surface area contributed by atoms with Crippen LogP contribution >= 0.6 is 0 Å². The van der Waals surface area contributed by atoms with Crippen LogP contribution in [-0.2, 0) is 4.79 Å². The number of nitrogens with zero attached hydrogens (tertiary/aromatic N) is 2. The van der Waals surface area contributed by atoms with E-state index in [0.29, 0.717) is 32.3 Å². The summed E-state index contributed by atoms with van der Waals surface area (Å²) in [6.45, 7) is 5.66. The molecule has 0 spiro atoms. The lowest BCUT2D eigenvalue weighted by atomic mass is 10.3. The maximum absolute atomic E-state index is 12.3. The Bertz CT molecular complexity index is 593. The van der Waals surface area contributed by atoms with Crippen LogP contribution in [0.4, 0.5) is 10.5 Å². The molecule has 1 aromatic carbocycles. The molecule has 0 unspecified atom stereocenters. The Morgan fingerprint density at radius 1 is 1.12 bits per heavy atom. The van der Waals surface area contributed by atoms with E-state index >= 15 is 0 Å². The maximum Gasteiger partial charge on any atom is 0.321 e. The van der Waals surface area contributed by atoms with Crippen LogP contribution in [0, 0.1) is 0 Å². The Labute approximate surface area is 148 Å². The van der Waals surface area contributed by atoms with Gasteiger partial charge in [0.2, 0.25) is 5.91 Å². The summed E-state index contributed by atoms with van der Waals surface area (Å²) < 4.78 is 5.39. The molecular weight excluding hydrogens is 320 g/mol. The molecule has 1 saturated heterocycles. The number of urea groups is 1. The molecule has 1 aliphatic heterocycles. The van der Waals surface area contributed by atoms with Crippen molar-refractivity contribution in [2.45, 2.75) is 25.8 Å². The standard InChI is InChI=1S/C18H26N4O3/c1-2-25-16-7-5-15(6-8-16)20-18(24)22-11-9-21(10-12-22)13-17(23)19-14-3-4-14/h5-8,14H,2-4,9-13H2,1H3,(H,19,23)(H,20,24). The van der Waals surface area contributed by atoms with Crippen LogP contribution in [-0.4, -0.2) is 67.1 Å². The number of ether oxygens (including phenoxy) is 1. The Morgan fingerprint density at radius 2 is 1.80 bits per heavy atom. The van der Waals surface area contributed by atoms with Gasteiger partial charge in [0.05, 0.1) is 13.2 Å². The molecule has 1 heterocycles. The highest BCUT2D eigenvalue weighted by Gasteiger charge is 2.26. The minimum absolute atomic E-state index is 0.0924. The van der Waals surface area contributed by atoms with Gasteiger partial charge in [-0.15, -0.1) is 0 Å². The highest BCUT2D eigenvalue weighted by Crippen LogP contribution is 2.18. The average Bonchev–Trinajstić information content (AvgIpc) is 3.41. The minimum atomic E-state index is -0.105. The van der Waals surface area contributed by atoms with Crippen LogP contribution in [0.2, 0.25) is 0 Å². The van der Waals surface area contributed by atoms with Gasteiger partial charge in [0.15, 0.2) is 0 Å². The molecule has 136 valence electrons. The Hall–Kier alpha value is -2.28. The molecule has 7 heteroatoms. The van der Waals surface area contributed by atoms with Crippen molar-refractivity contribution in [3.63, 3.8) is 0 Å². The number of carbonyl (C=O) groups is 2. The van der Waals surface area contributed by atoms with E-state index in [1.165, 1.54) is 0 Å². The van der Waals surface area contributed by atoms with Gasteiger partial charge in [0.25, 0.3) is 0 Å². The highest BCUT2D eigenvalue weighted by molar-refractivity contribution is 5.89. The van der Waals surface area contributed by atoms with Crippen LogP contribution in [0.3, 0.4) is 0 Å². The molecule has 2 N–H and O–H groups in total. The van der Waals surface area contributed by atoms with Gasteiger partial charge in [0.1, 0.15) is 5.75 Å². The Kier molecular flexibility index (Phi) is 5.75. The maximum atomic E-state index is 12.3. The fourth-order valence-corrected chi connectivity index (χ4v) is 2.82. The van der Waals surface area contributed by atoms with E-state index in [9.17, 15) is 9.59 Å². The van der Waals surface area contributed by atoms with Crippen molar-refractivity contribution in [2.75, 3.05) is 44.6 Å². The van der Waals surface area contributed by atoms with E-state index < -0.39 is 0 Å². The van der Waals surface area contributed by atoms with Gasteiger partial charge in [-0.1, -0.05) is 0 Å². The quantitative estimate of drug-likeness (QED) is 0.819. The van der Waals surface area contributed by atoms with Gasteiger partial charge in [0, 0.05) is 37.9 Å². The van der Waals surface area contributed by atoms with Crippen molar-refractivity contribution in [1.82, 2.24) is 15.1 Å². The number of rotatable bonds is 6. The van der Waals surface area contributed by atoms with Crippen molar-refractivity contribution in [2.24, 2.45) is 0 Å². The van der Waals surface area contributed by atoms with Crippen molar-refractivity contribution in [3.05, 3.63) is 24.3 Å². The van der Waals surface area contributed by atoms with Gasteiger partial charge >= 0.3 is 6.03 Å². The van der Waals surface area contributed by atoms with Crippen LogP contribution in [0.5, 0.6) is 5.75 Å². The molecule has 2 fully saturated rings. The largest absolute Gasteiger partial charge is 0.494 e. The van der Waals surface area contributed by atoms with E-state index in [4.69, 9.17) is 4.74 Å². The summed E-state index contributed by atoms with van der Waals surface area (Å²) in [5.74, 6) is 0.883. The van der Waals surface area contributed by atoms with Gasteiger partial charge < -0.3 is 20.3 Å². The third kappa shape index (κ3) is 5.35. The highest BCUT2D eigenvalue weighted by atomic mass is 16.5. The Balaban J connectivity index is 1.40. The summed E-state index contributed by atoms with van der Waals surface area (Å²) in [5, 5.41) is 5.90. The SMILES string of the molecule is CCOc1ccc(NC(=O)N2CCN(CC(=O)NC3CC3)CC2)cc1. The lowest BCUT2D eigenvalue weighted by Gasteiger charge is -2.34. The van der Waals surface area contributed by atoms with Crippen molar-refractivity contribution >= 4 is 17.6 Å². The fourth-order valence-electron chi connectivity index (χ4n) is 2.82. The van der Waals surface area contributed by atoms with Crippen LogP contribution in [0.25, 0.3) is 0 Å². The number of hydrogen-bond donors (Lipinski definition) is 2. The van der Waals surface area contributed by atoms with Gasteiger partial charge in [-0.05, 0) is 44.0 Å². The van der Waals surface area contributed by atoms with Crippen molar-refractivity contribution in [3.8, 4) is 5.75 Å². The van der Waals surface area contributed by atoms with Crippen LogP contribution < -0.4 is 15.4 Å². The number of amides is 3. The smallest absolute Gasteiger partial charge is 0.321 e. The number of carbonyl (C=O) groups excluding carboxylic acids is 2.